The van der Waals surface area contributed by atoms with Crippen molar-refractivity contribution in [2.24, 2.45) is 4.99 Å². The molecular weight excluding hydrogens is 482 g/mol. The maximum atomic E-state index is 12.9. The average molecular weight is 506 g/mol. The normalized spacial score (nSPS) is 11.8. The number of hydrogen-bond acceptors (Lipinski definition) is 3. The van der Waals surface area contributed by atoms with Gasteiger partial charge in [-0.15, -0.1) is 24.0 Å². The quantitative estimate of drug-likeness (QED) is 0.359. The van der Waals surface area contributed by atoms with Crippen molar-refractivity contribution in [3.05, 3.63) is 65.5 Å². The highest BCUT2D eigenvalue weighted by molar-refractivity contribution is 14.0. The van der Waals surface area contributed by atoms with Crippen LogP contribution in [0.25, 0.3) is 0 Å². The van der Waals surface area contributed by atoms with Crippen LogP contribution in [0.1, 0.15) is 11.1 Å². The predicted molar refractivity (Wildman–Crippen MR) is 116 cm³/mol. The van der Waals surface area contributed by atoms with Crippen molar-refractivity contribution in [1.82, 2.24) is 14.9 Å². The first kappa shape index (κ1) is 23.3. The van der Waals surface area contributed by atoms with Crippen LogP contribution in [0.5, 0.6) is 0 Å². The van der Waals surface area contributed by atoms with Gasteiger partial charge in [0.15, 0.2) is 5.96 Å². The van der Waals surface area contributed by atoms with Gasteiger partial charge in [0.25, 0.3) is 0 Å². The summed E-state index contributed by atoms with van der Waals surface area (Å²) in [5.41, 5.74) is 1.55. The van der Waals surface area contributed by atoms with E-state index in [0.29, 0.717) is 24.6 Å². The number of rotatable bonds is 6. The summed E-state index contributed by atoms with van der Waals surface area (Å²) in [7, 11) is 1.11. The smallest absolute Gasteiger partial charge is 0.242 e. The molecule has 0 aliphatic heterocycles. The van der Waals surface area contributed by atoms with E-state index in [1.165, 1.54) is 30.5 Å². The van der Waals surface area contributed by atoms with Crippen LogP contribution in [0.2, 0.25) is 0 Å². The van der Waals surface area contributed by atoms with Crippen LogP contribution in [-0.4, -0.2) is 39.8 Å². The molecule has 0 aliphatic carbocycles. The second-order valence-electron chi connectivity index (χ2n) is 5.80. The third kappa shape index (κ3) is 6.43. The third-order valence-corrected chi connectivity index (χ3v) is 5.69. The zero-order valence-electron chi connectivity index (χ0n) is 15.4. The van der Waals surface area contributed by atoms with E-state index in [1.807, 2.05) is 0 Å². The molecule has 0 radical (unpaired) electrons. The van der Waals surface area contributed by atoms with E-state index >= 15 is 0 Å². The summed E-state index contributed by atoms with van der Waals surface area (Å²) in [6.07, 6.45) is 0. The molecule has 148 valence electrons. The minimum Gasteiger partial charge on any atom is -0.352 e. The largest absolute Gasteiger partial charge is 0.352 e. The molecule has 2 aromatic rings. The van der Waals surface area contributed by atoms with Gasteiger partial charge < -0.3 is 10.6 Å². The lowest BCUT2D eigenvalue weighted by atomic mass is 10.2. The molecular formula is C18H24FIN4O2S. The maximum Gasteiger partial charge on any atom is 0.242 e. The van der Waals surface area contributed by atoms with Crippen LogP contribution in [0.3, 0.4) is 0 Å². The first-order valence-electron chi connectivity index (χ1n) is 8.04. The molecule has 0 atom stereocenters. The number of hydrogen-bond donors (Lipinski definition) is 2. The summed E-state index contributed by atoms with van der Waals surface area (Å²) in [5.74, 6) is 0.237. The van der Waals surface area contributed by atoms with E-state index in [4.69, 9.17) is 0 Å². The highest BCUT2D eigenvalue weighted by Gasteiger charge is 2.20. The monoisotopic (exact) mass is 506 g/mol. The molecule has 2 aromatic carbocycles. The van der Waals surface area contributed by atoms with E-state index in [1.54, 1.807) is 43.4 Å². The molecule has 0 bridgehead atoms. The van der Waals surface area contributed by atoms with Crippen LogP contribution in [0, 0.1) is 5.82 Å². The van der Waals surface area contributed by atoms with Gasteiger partial charge in [-0.25, -0.2) is 17.1 Å². The Bertz CT molecular complexity index is 871. The minimum atomic E-state index is -3.52. The van der Waals surface area contributed by atoms with E-state index < -0.39 is 10.0 Å². The van der Waals surface area contributed by atoms with Crippen LogP contribution < -0.4 is 10.6 Å². The van der Waals surface area contributed by atoms with Crippen molar-refractivity contribution in [3.8, 4) is 0 Å². The number of aliphatic imine (C=N–C) groups is 1. The lowest BCUT2D eigenvalue weighted by Crippen LogP contribution is -2.36. The maximum absolute atomic E-state index is 12.9. The fourth-order valence-corrected chi connectivity index (χ4v) is 3.40. The zero-order chi connectivity index (χ0) is 19.2. The molecule has 0 fully saturated rings. The molecule has 27 heavy (non-hydrogen) atoms. The predicted octanol–water partition coefficient (Wildman–Crippen LogP) is 2.56. The Morgan fingerprint density at radius 1 is 1.04 bits per heavy atom. The first-order chi connectivity index (χ1) is 12.3. The zero-order valence-corrected chi connectivity index (χ0v) is 18.6. The molecule has 9 heteroatoms. The van der Waals surface area contributed by atoms with Crippen molar-refractivity contribution in [2.45, 2.75) is 18.0 Å². The fourth-order valence-electron chi connectivity index (χ4n) is 2.29. The molecule has 0 saturated heterocycles. The average Bonchev–Trinajstić information content (AvgIpc) is 2.63. The van der Waals surface area contributed by atoms with Gasteiger partial charge in [0.05, 0.1) is 4.90 Å². The van der Waals surface area contributed by atoms with E-state index in [0.717, 1.165) is 5.56 Å². The molecule has 6 nitrogen and oxygen atoms in total. The van der Waals surface area contributed by atoms with Gasteiger partial charge in [-0.2, -0.15) is 0 Å². The lowest BCUT2D eigenvalue weighted by Gasteiger charge is -2.17. The van der Waals surface area contributed by atoms with Crippen molar-refractivity contribution in [3.63, 3.8) is 0 Å². The summed E-state index contributed by atoms with van der Waals surface area (Å²) in [4.78, 5) is 4.38. The standard InChI is InChI=1S/C18H23FN4O2S.HI/c1-20-18(21-12-14-8-10-16(19)11-9-14)22-13-15-6-4-5-7-17(15)26(24,25)23(2)3;/h4-11H,12-13H2,1-3H3,(H2,20,21,22);1H. The second kappa shape index (κ2) is 10.6. The molecule has 0 spiro atoms. The van der Waals surface area contributed by atoms with Crippen molar-refractivity contribution in [1.29, 1.82) is 0 Å². The van der Waals surface area contributed by atoms with E-state index in [9.17, 15) is 12.8 Å². The number of sulfonamides is 1. The van der Waals surface area contributed by atoms with Crippen molar-refractivity contribution in [2.75, 3.05) is 21.1 Å². The third-order valence-electron chi connectivity index (χ3n) is 3.77. The summed E-state index contributed by atoms with van der Waals surface area (Å²) in [6.45, 7) is 0.768. The van der Waals surface area contributed by atoms with Crippen LogP contribution in [0.15, 0.2) is 58.4 Å². The van der Waals surface area contributed by atoms with Crippen LogP contribution in [0.4, 0.5) is 4.39 Å². The summed E-state index contributed by atoms with van der Waals surface area (Å²) >= 11 is 0. The van der Waals surface area contributed by atoms with Gasteiger partial charge in [-0.05, 0) is 29.3 Å². The minimum absolute atomic E-state index is 0. The Morgan fingerprint density at radius 2 is 1.63 bits per heavy atom. The Kier molecular flexibility index (Phi) is 9.13. The number of guanidine groups is 1. The highest BCUT2D eigenvalue weighted by Crippen LogP contribution is 2.18. The molecule has 0 unspecified atom stereocenters. The summed E-state index contributed by atoms with van der Waals surface area (Å²) < 4.78 is 39.0. The second-order valence-corrected chi connectivity index (χ2v) is 7.92. The van der Waals surface area contributed by atoms with E-state index in [-0.39, 0.29) is 34.7 Å². The van der Waals surface area contributed by atoms with Crippen LogP contribution >= 0.6 is 24.0 Å². The highest BCUT2D eigenvalue weighted by atomic mass is 127. The van der Waals surface area contributed by atoms with Gasteiger partial charge in [0, 0.05) is 34.2 Å². The van der Waals surface area contributed by atoms with Crippen molar-refractivity contribution >= 4 is 40.0 Å². The molecule has 2 N–H and O–H groups in total. The lowest BCUT2D eigenvalue weighted by molar-refractivity contribution is 0.519. The van der Waals surface area contributed by atoms with Crippen molar-refractivity contribution < 1.29 is 12.8 Å². The number of nitrogens with zero attached hydrogens (tertiary/aromatic N) is 2. The molecule has 0 saturated carbocycles. The molecule has 0 amide bonds. The number of benzene rings is 2. The first-order valence-corrected chi connectivity index (χ1v) is 9.48. The van der Waals surface area contributed by atoms with Gasteiger partial charge >= 0.3 is 0 Å². The summed E-state index contributed by atoms with van der Waals surface area (Å²) in [5, 5.41) is 6.21. The Hall–Kier alpha value is -1.72. The van der Waals surface area contributed by atoms with E-state index in [2.05, 4.69) is 15.6 Å². The van der Waals surface area contributed by atoms with Gasteiger partial charge in [-0.3, -0.25) is 4.99 Å². The SMILES string of the molecule is CN=C(NCc1ccc(F)cc1)NCc1ccccc1S(=O)(=O)N(C)C.I. The topological polar surface area (TPSA) is 73.8 Å². The molecule has 0 heterocycles. The molecule has 2 rings (SSSR count). The number of halogens is 2. The van der Waals surface area contributed by atoms with Gasteiger partial charge in [0.1, 0.15) is 5.82 Å². The fraction of sp³-hybridized carbons (Fsp3) is 0.278. The van der Waals surface area contributed by atoms with Gasteiger partial charge in [-0.1, -0.05) is 30.3 Å². The Balaban J connectivity index is 0.00000364. The molecule has 0 aromatic heterocycles. The Labute approximate surface area is 177 Å². The molecule has 0 aliphatic rings. The summed E-state index contributed by atoms with van der Waals surface area (Å²) in [6, 6.07) is 13.0. The number of nitrogens with one attached hydrogen (secondary N) is 2. The van der Waals surface area contributed by atoms with Crippen LogP contribution in [-0.2, 0) is 23.1 Å². The van der Waals surface area contributed by atoms with Gasteiger partial charge in [0.2, 0.25) is 10.0 Å². The Morgan fingerprint density at radius 3 is 2.22 bits per heavy atom.